The molecule has 1 N–H and O–H groups in total. The Hall–Kier alpha value is -2.56. The molecule has 3 rings (SSSR count). The second kappa shape index (κ2) is 7.34. The topological polar surface area (TPSA) is 62.6 Å². The van der Waals surface area contributed by atoms with Crippen molar-refractivity contribution < 1.29 is 14.0 Å². The van der Waals surface area contributed by atoms with E-state index in [1.54, 1.807) is 4.90 Å². The van der Waals surface area contributed by atoms with Crippen molar-refractivity contribution in [1.82, 2.24) is 10.2 Å². The molecule has 2 amide bonds. The molecule has 0 radical (unpaired) electrons. The number of aryl methyl sites for hydroxylation is 1. The van der Waals surface area contributed by atoms with Gasteiger partial charge in [0.25, 0.3) is 0 Å². The number of hydrogen-bond donors (Lipinski definition) is 1. The van der Waals surface area contributed by atoms with Crippen LogP contribution in [-0.2, 0) is 22.6 Å². The van der Waals surface area contributed by atoms with E-state index in [1.807, 2.05) is 37.3 Å². The lowest BCUT2D eigenvalue weighted by molar-refractivity contribution is -0.129. The Morgan fingerprint density at radius 3 is 2.75 bits per heavy atom. The van der Waals surface area contributed by atoms with Crippen LogP contribution in [0.2, 0.25) is 0 Å². The number of benzene rings is 1. The van der Waals surface area contributed by atoms with E-state index in [0.717, 1.165) is 17.9 Å². The summed E-state index contributed by atoms with van der Waals surface area (Å²) in [6, 6.07) is 13.8. The third kappa shape index (κ3) is 4.04. The van der Waals surface area contributed by atoms with Crippen LogP contribution < -0.4 is 5.32 Å². The first-order valence-electron chi connectivity index (χ1n) is 8.26. The van der Waals surface area contributed by atoms with Gasteiger partial charge < -0.3 is 14.6 Å². The smallest absolute Gasteiger partial charge is 0.225 e. The lowest BCUT2D eigenvalue weighted by Gasteiger charge is -2.16. The summed E-state index contributed by atoms with van der Waals surface area (Å²) in [4.78, 5) is 26.2. The van der Waals surface area contributed by atoms with Crippen molar-refractivity contribution in [1.29, 1.82) is 0 Å². The fourth-order valence-electron chi connectivity index (χ4n) is 2.97. The second-order valence-corrected chi connectivity index (χ2v) is 6.21. The van der Waals surface area contributed by atoms with Gasteiger partial charge in [0.2, 0.25) is 11.8 Å². The van der Waals surface area contributed by atoms with Crippen molar-refractivity contribution in [3.8, 4) is 0 Å². The number of hydrogen-bond acceptors (Lipinski definition) is 3. The highest BCUT2D eigenvalue weighted by Gasteiger charge is 2.33. The Labute approximate surface area is 141 Å². The van der Waals surface area contributed by atoms with E-state index < -0.39 is 0 Å². The van der Waals surface area contributed by atoms with Crippen LogP contribution in [0.4, 0.5) is 0 Å². The normalized spacial score (nSPS) is 17.3. The number of rotatable bonds is 6. The minimum atomic E-state index is -0.274. The molecule has 1 fully saturated rings. The summed E-state index contributed by atoms with van der Waals surface area (Å²) in [5.74, 6) is 1.25. The standard InChI is InChI=1S/C19H22N2O3/c1-14-7-8-17(24-14)12-20-19(23)16-11-18(22)21(13-16)10-9-15-5-3-2-4-6-15/h2-8,16H,9-13H2,1H3,(H,20,23)/t16-/m0/s1. The number of likely N-dealkylation sites (tertiary alicyclic amines) is 1. The van der Waals surface area contributed by atoms with Crippen LogP contribution in [0, 0.1) is 12.8 Å². The summed E-state index contributed by atoms with van der Waals surface area (Å²) in [6.45, 7) is 3.38. The van der Waals surface area contributed by atoms with E-state index in [-0.39, 0.29) is 24.2 Å². The minimum Gasteiger partial charge on any atom is -0.465 e. The van der Waals surface area contributed by atoms with Gasteiger partial charge in [-0.1, -0.05) is 30.3 Å². The van der Waals surface area contributed by atoms with Crippen LogP contribution >= 0.6 is 0 Å². The van der Waals surface area contributed by atoms with E-state index in [1.165, 1.54) is 5.56 Å². The Bertz CT molecular complexity index is 708. The van der Waals surface area contributed by atoms with Gasteiger partial charge in [0.15, 0.2) is 0 Å². The predicted octanol–water partition coefficient (Wildman–Crippen LogP) is 2.30. The SMILES string of the molecule is Cc1ccc(CNC(=O)[C@H]2CC(=O)N(CCc3ccccc3)C2)o1. The molecule has 1 aromatic heterocycles. The lowest BCUT2D eigenvalue weighted by Crippen LogP contribution is -2.33. The van der Waals surface area contributed by atoms with E-state index in [9.17, 15) is 9.59 Å². The van der Waals surface area contributed by atoms with Gasteiger partial charge in [0.1, 0.15) is 11.5 Å². The molecule has 0 saturated carbocycles. The first-order chi connectivity index (χ1) is 11.6. The summed E-state index contributed by atoms with van der Waals surface area (Å²) < 4.78 is 5.43. The highest BCUT2D eigenvalue weighted by Crippen LogP contribution is 2.19. The second-order valence-electron chi connectivity index (χ2n) is 6.21. The molecule has 0 bridgehead atoms. The zero-order valence-electron chi connectivity index (χ0n) is 13.8. The molecule has 2 aromatic rings. The van der Waals surface area contributed by atoms with Crippen LogP contribution in [0.25, 0.3) is 0 Å². The molecule has 1 aliphatic rings. The Morgan fingerprint density at radius 2 is 2.04 bits per heavy atom. The molecule has 5 heteroatoms. The molecule has 0 aliphatic carbocycles. The zero-order chi connectivity index (χ0) is 16.9. The third-order valence-corrected chi connectivity index (χ3v) is 4.33. The van der Waals surface area contributed by atoms with Gasteiger partial charge in [-0.3, -0.25) is 9.59 Å². The summed E-state index contributed by atoms with van der Waals surface area (Å²) >= 11 is 0. The number of carbonyl (C=O) groups is 2. The van der Waals surface area contributed by atoms with Crippen LogP contribution in [0.3, 0.4) is 0 Å². The van der Waals surface area contributed by atoms with Gasteiger partial charge in [-0.15, -0.1) is 0 Å². The average Bonchev–Trinajstić information content (AvgIpc) is 3.17. The molecule has 5 nitrogen and oxygen atoms in total. The highest BCUT2D eigenvalue weighted by molar-refractivity contribution is 5.89. The fraction of sp³-hybridized carbons (Fsp3) is 0.368. The van der Waals surface area contributed by atoms with Gasteiger partial charge >= 0.3 is 0 Å². The molecule has 0 unspecified atom stereocenters. The number of furan rings is 1. The van der Waals surface area contributed by atoms with Crippen LogP contribution in [0.1, 0.15) is 23.5 Å². The molecule has 1 aliphatic heterocycles. The zero-order valence-corrected chi connectivity index (χ0v) is 13.8. The van der Waals surface area contributed by atoms with Crippen molar-refractivity contribution in [2.24, 2.45) is 5.92 Å². The van der Waals surface area contributed by atoms with Crippen molar-refractivity contribution in [3.05, 3.63) is 59.5 Å². The summed E-state index contributed by atoms with van der Waals surface area (Å²) in [5, 5.41) is 2.86. The van der Waals surface area contributed by atoms with Crippen molar-refractivity contribution in [2.75, 3.05) is 13.1 Å². The van der Waals surface area contributed by atoms with Crippen LogP contribution in [-0.4, -0.2) is 29.8 Å². The Balaban J connectivity index is 1.47. The molecule has 1 atom stereocenters. The summed E-state index contributed by atoms with van der Waals surface area (Å²) in [6.07, 6.45) is 1.10. The van der Waals surface area contributed by atoms with Gasteiger partial charge in [-0.2, -0.15) is 0 Å². The maximum atomic E-state index is 12.3. The Morgan fingerprint density at radius 1 is 1.25 bits per heavy atom. The van der Waals surface area contributed by atoms with Crippen molar-refractivity contribution in [2.45, 2.75) is 26.3 Å². The molecule has 2 heterocycles. The third-order valence-electron chi connectivity index (χ3n) is 4.33. The molecular weight excluding hydrogens is 304 g/mol. The lowest BCUT2D eigenvalue weighted by atomic mass is 10.1. The number of nitrogens with one attached hydrogen (secondary N) is 1. The van der Waals surface area contributed by atoms with Crippen molar-refractivity contribution >= 4 is 11.8 Å². The molecule has 1 aromatic carbocycles. The fourth-order valence-corrected chi connectivity index (χ4v) is 2.97. The molecule has 1 saturated heterocycles. The Kier molecular flexibility index (Phi) is 4.99. The van der Waals surface area contributed by atoms with Gasteiger partial charge in [-0.05, 0) is 31.0 Å². The highest BCUT2D eigenvalue weighted by atomic mass is 16.3. The van der Waals surface area contributed by atoms with Gasteiger partial charge in [-0.25, -0.2) is 0 Å². The van der Waals surface area contributed by atoms with E-state index in [2.05, 4.69) is 17.4 Å². The summed E-state index contributed by atoms with van der Waals surface area (Å²) in [7, 11) is 0. The maximum Gasteiger partial charge on any atom is 0.225 e. The summed E-state index contributed by atoms with van der Waals surface area (Å²) in [5.41, 5.74) is 1.20. The first kappa shape index (κ1) is 16.3. The number of carbonyl (C=O) groups excluding carboxylic acids is 2. The largest absolute Gasteiger partial charge is 0.465 e. The first-order valence-corrected chi connectivity index (χ1v) is 8.26. The van der Waals surface area contributed by atoms with Crippen LogP contribution in [0.5, 0.6) is 0 Å². The molecule has 24 heavy (non-hydrogen) atoms. The van der Waals surface area contributed by atoms with Gasteiger partial charge in [0.05, 0.1) is 12.5 Å². The number of nitrogens with zero attached hydrogens (tertiary/aromatic N) is 1. The molecule has 0 spiro atoms. The van der Waals surface area contributed by atoms with Crippen molar-refractivity contribution in [3.63, 3.8) is 0 Å². The maximum absolute atomic E-state index is 12.3. The van der Waals surface area contributed by atoms with E-state index in [4.69, 9.17) is 4.42 Å². The minimum absolute atomic E-state index is 0.0555. The quantitative estimate of drug-likeness (QED) is 0.886. The van der Waals surface area contributed by atoms with E-state index in [0.29, 0.717) is 19.6 Å². The molecule has 126 valence electrons. The van der Waals surface area contributed by atoms with Gasteiger partial charge in [0, 0.05) is 19.5 Å². The van der Waals surface area contributed by atoms with E-state index >= 15 is 0 Å². The monoisotopic (exact) mass is 326 g/mol. The number of amides is 2. The van der Waals surface area contributed by atoms with Crippen LogP contribution in [0.15, 0.2) is 46.9 Å². The molecular formula is C19H22N2O3. The average molecular weight is 326 g/mol. The predicted molar refractivity (Wildman–Crippen MR) is 90.1 cm³/mol.